The second-order valence-corrected chi connectivity index (χ2v) is 11.5. The standard InChI is InChI=1S/C30H34N4O4S/c1-3-18-31-29(35)21-32-30(36)22-34(39(37,38)26-12-5-4-6-13-26)25-16-19-33(20-17-25)23(2)27-15-9-11-24-10-7-8-14-28(24)27/h1,4-15,23,25H,16-22H2,2H3,(H,31,35)(H,32,36)/t23-/m1/s1. The number of fused-ring (bicyclic) bond motifs is 1. The number of benzene rings is 3. The first-order valence-corrected chi connectivity index (χ1v) is 14.5. The van der Waals surface area contributed by atoms with Crippen LogP contribution in [0, 0.1) is 12.3 Å². The van der Waals surface area contributed by atoms with Gasteiger partial charge < -0.3 is 10.6 Å². The van der Waals surface area contributed by atoms with Crippen LogP contribution in [-0.4, -0.2) is 68.2 Å². The minimum atomic E-state index is -3.94. The third-order valence-electron chi connectivity index (χ3n) is 7.21. The molecule has 0 saturated carbocycles. The smallest absolute Gasteiger partial charge is 0.243 e. The number of hydrogen-bond acceptors (Lipinski definition) is 5. The molecule has 0 spiro atoms. The molecule has 1 aliphatic rings. The molecule has 4 rings (SSSR count). The average molecular weight is 547 g/mol. The number of terminal acetylenes is 1. The van der Waals surface area contributed by atoms with Crippen molar-refractivity contribution in [1.82, 2.24) is 19.8 Å². The number of hydrogen-bond donors (Lipinski definition) is 2. The Balaban J connectivity index is 1.48. The molecule has 204 valence electrons. The Bertz CT molecular complexity index is 1440. The molecule has 3 aromatic carbocycles. The zero-order valence-corrected chi connectivity index (χ0v) is 22.9. The highest BCUT2D eigenvalue weighted by Gasteiger charge is 2.36. The van der Waals surface area contributed by atoms with Crippen LogP contribution < -0.4 is 10.6 Å². The number of carbonyl (C=O) groups is 2. The van der Waals surface area contributed by atoms with Crippen LogP contribution in [0.4, 0.5) is 0 Å². The average Bonchev–Trinajstić information content (AvgIpc) is 2.97. The van der Waals surface area contributed by atoms with Crippen LogP contribution in [0.3, 0.4) is 0 Å². The topological polar surface area (TPSA) is 98.8 Å². The Morgan fingerprint density at radius 1 is 0.974 bits per heavy atom. The Kier molecular flexibility index (Phi) is 9.36. The number of carbonyl (C=O) groups excluding carboxylic acids is 2. The summed E-state index contributed by atoms with van der Waals surface area (Å²) < 4.78 is 28.6. The molecule has 8 nitrogen and oxygen atoms in total. The fraction of sp³-hybridized carbons (Fsp3) is 0.333. The van der Waals surface area contributed by atoms with Gasteiger partial charge in [0, 0.05) is 25.2 Å². The molecule has 1 heterocycles. The van der Waals surface area contributed by atoms with Gasteiger partial charge in [0.15, 0.2) is 0 Å². The molecular formula is C30H34N4O4S. The fourth-order valence-electron chi connectivity index (χ4n) is 5.10. The van der Waals surface area contributed by atoms with Gasteiger partial charge in [0.1, 0.15) is 0 Å². The molecule has 0 radical (unpaired) electrons. The molecular weight excluding hydrogens is 512 g/mol. The summed E-state index contributed by atoms with van der Waals surface area (Å²) in [7, 11) is -3.94. The van der Waals surface area contributed by atoms with Crippen LogP contribution in [0.5, 0.6) is 0 Å². The van der Waals surface area contributed by atoms with E-state index in [1.165, 1.54) is 32.8 Å². The molecule has 1 atom stereocenters. The fourth-order valence-corrected chi connectivity index (χ4v) is 6.76. The number of nitrogens with zero attached hydrogens (tertiary/aromatic N) is 2. The zero-order chi connectivity index (χ0) is 27.8. The summed E-state index contributed by atoms with van der Waals surface area (Å²) in [6.07, 6.45) is 6.30. The number of nitrogens with one attached hydrogen (secondary N) is 2. The van der Waals surface area contributed by atoms with E-state index < -0.39 is 21.8 Å². The van der Waals surface area contributed by atoms with Crippen LogP contribution >= 0.6 is 0 Å². The van der Waals surface area contributed by atoms with E-state index in [0.717, 1.165) is 0 Å². The maximum absolute atomic E-state index is 13.7. The lowest BCUT2D eigenvalue weighted by Gasteiger charge is -2.40. The lowest BCUT2D eigenvalue weighted by molar-refractivity contribution is -0.126. The minimum Gasteiger partial charge on any atom is -0.346 e. The van der Waals surface area contributed by atoms with Gasteiger partial charge in [-0.2, -0.15) is 4.31 Å². The van der Waals surface area contributed by atoms with Gasteiger partial charge in [-0.05, 0) is 48.2 Å². The number of rotatable bonds is 10. The Morgan fingerprint density at radius 3 is 2.36 bits per heavy atom. The Hall–Kier alpha value is -3.71. The second-order valence-electron chi connectivity index (χ2n) is 9.63. The summed E-state index contributed by atoms with van der Waals surface area (Å²) in [6.45, 7) is 2.96. The molecule has 1 fully saturated rings. The van der Waals surface area contributed by atoms with E-state index in [0.29, 0.717) is 25.9 Å². The van der Waals surface area contributed by atoms with E-state index in [2.05, 4.69) is 58.7 Å². The molecule has 0 aliphatic carbocycles. The zero-order valence-electron chi connectivity index (χ0n) is 22.0. The summed E-state index contributed by atoms with van der Waals surface area (Å²) >= 11 is 0. The van der Waals surface area contributed by atoms with Crippen molar-refractivity contribution in [2.45, 2.75) is 36.7 Å². The number of sulfonamides is 1. The van der Waals surface area contributed by atoms with Gasteiger partial charge in [-0.1, -0.05) is 66.6 Å². The number of piperidine rings is 1. The van der Waals surface area contributed by atoms with Gasteiger partial charge in [0.2, 0.25) is 21.8 Å². The van der Waals surface area contributed by atoms with Crippen molar-refractivity contribution in [1.29, 1.82) is 0 Å². The van der Waals surface area contributed by atoms with Gasteiger partial charge in [0.05, 0.1) is 24.5 Å². The molecule has 1 saturated heterocycles. The van der Waals surface area contributed by atoms with E-state index in [9.17, 15) is 18.0 Å². The van der Waals surface area contributed by atoms with Crippen molar-refractivity contribution >= 4 is 32.6 Å². The Morgan fingerprint density at radius 2 is 1.64 bits per heavy atom. The van der Waals surface area contributed by atoms with Gasteiger partial charge >= 0.3 is 0 Å². The van der Waals surface area contributed by atoms with Crippen molar-refractivity contribution in [2.24, 2.45) is 0 Å². The van der Waals surface area contributed by atoms with E-state index in [1.54, 1.807) is 18.2 Å². The molecule has 3 aromatic rings. The van der Waals surface area contributed by atoms with Gasteiger partial charge in [0.25, 0.3) is 0 Å². The van der Waals surface area contributed by atoms with Crippen molar-refractivity contribution < 1.29 is 18.0 Å². The normalized spacial score (nSPS) is 15.5. The molecule has 0 aromatic heterocycles. The molecule has 0 unspecified atom stereocenters. The van der Waals surface area contributed by atoms with Crippen LogP contribution in [0.25, 0.3) is 10.8 Å². The van der Waals surface area contributed by atoms with Crippen molar-refractivity contribution in [2.75, 3.05) is 32.7 Å². The van der Waals surface area contributed by atoms with E-state index >= 15 is 0 Å². The highest BCUT2D eigenvalue weighted by atomic mass is 32.2. The summed E-state index contributed by atoms with van der Waals surface area (Å²) in [5.74, 6) is 1.31. The highest BCUT2D eigenvalue weighted by Crippen LogP contribution is 2.32. The summed E-state index contributed by atoms with van der Waals surface area (Å²) in [4.78, 5) is 27.1. The van der Waals surface area contributed by atoms with Crippen molar-refractivity contribution in [3.05, 3.63) is 78.4 Å². The molecule has 2 N–H and O–H groups in total. The first-order chi connectivity index (χ1) is 18.8. The monoisotopic (exact) mass is 546 g/mol. The SMILES string of the molecule is C#CCNC(=O)CNC(=O)CN(C1CCN([C@H](C)c2cccc3ccccc23)CC1)S(=O)(=O)c1ccccc1. The highest BCUT2D eigenvalue weighted by molar-refractivity contribution is 7.89. The summed E-state index contributed by atoms with van der Waals surface area (Å²) in [6, 6.07) is 22.6. The third-order valence-corrected chi connectivity index (χ3v) is 9.12. The molecule has 39 heavy (non-hydrogen) atoms. The largest absolute Gasteiger partial charge is 0.346 e. The molecule has 9 heteroatoms. The van der Waals surface area contributed by atoms with Gasteiger partial charge in [-0.25, -0.2) is 8.42 Å². The van der Waals surface area contributed by atoms with Crippen molar-refractivity contribution in [3.63, 3.8) is 0 Å². The Labute approximate surface area is 230 Å². The van der Waals surface area contributed by atoms with E-state index in [4.69, 9.17) is 6.42 Å². The number of amides is 2. The molecule has 1 aliphatic heterocycles. The summed E-state index contributed by atoms with van der Waals surface area (Å²) in [5.41, 5.74) is 1.24. The molecule has 2 amide bonds. The van der Waals surface area contributed by atoms with E-state index in [1.807, 2.05) is 12.1 Å². The van der Waals surface area contributed by atoms with Crippen LogP contribution in [0.15, 0.2) is 77.7 Å². The van der Waals surface area contributed by atoms with Gasteiger partial charge in [-0.3, -0.25) is 14.5 Å². The van der Waals surface area contributed by atoms with Crippen LogP contribution in [0.2, 0.25) is 0 Å². The van der Waals surface area contributed by atoms with Gasteiger partial charge in [-0.15, -0.1) is 6.42 Å². The maximum atomic E-state index is 13.7. The second kappa shape index (κ2) is 12.9. The minimum absolute atomic E-state index is 0.0546. The third kappa shape index (κ3) is 6.84. The van der Waals surface area contributed by atoms with E-state index in [-0.39, 0.29) is 36.6 Å². The predicted octanol–water partition coefficient (Wildman–Crippen LogP) is 2.92. The van der Waals surface area contributed by atoms with Crippen LogP contribution in [0.1, 0.15) is 31.4 Å². The lowest BCUT2D eigenvalue weighted by atomic mass is 9.96. The predicted molar refractivity (Wildman–Crippen MR) is 152 cm³/mol. The lowest BCUT2D eigenvalue weighted by Crippen LogP contribution is -2.51. The maximum Gasteiger partial charge on any atom is 0.243 e. The van der Waals surface area contributed by atoms with Crippen LogP contribution in [-0.2, 0) is 19.6 Å². The first kappa shape index (κ1) is 28.3. The number of likely N-dealkylation sites (tertiary alicyclic amines) is 1. The van der Waals surface area contributed by atoms with Crippen molar-refractivity contribution in [3.8, 4) is 12.3 Å². The molecule has 0 bridgehead atoms. The first-order valence-electron chi connectivity index (χ1n) is 13.1. The quantitative estimate of drug-likeness (QED) is 0.381. The summed E-state index contributed by atoms with van der Waals surface area (Å²) in [5, 5.41) is 7.39.